The smallest absolute Gasteiger partial charge is 0.309 e. The summed E-state index contributed by atoms with van der Waals surface area (Å²) in [5, 5.41) is 9.05. The van der Waals surface area contributed by atoms with Crippen molar-refractivity contribution in [2.75, 3.05) is 13.1 Å². The first-order valence-corrected chi connectivity index (χ1v) is 6.80. The van der Waals surface area contributed by atoms with E-state index in [1.807, 2.05) is 13.8 Å². The molecule has 0 aromatic rings. The van der Waals surface area contributed by atoms with Crippen LogP contribution in [-0.4, -0.2) is 35.1 Å². The molecule has 0 radical (unpaired) electrons. The third kappa shape index (κ3) is 4.30. The number of hydrogen-bond donors (Lipinski definition) is 1. The highest BCUT2D eigenvalue weighted by Crippen LogP contribution is 2.25. The van der Waals surface area contributed by atoms with Gasteiger partial charge in [0.05, 0.1) is 5.41 Å². The predicted octanol–water partition coefficient (Wildman–Crippen LogP) is 3.00. The van der Waals surface area contributed by atoms with Gasteiger partial charge in [-0.05, 0) is 65.5 Å². The molecule has 0 aliphatic carbocycles. The van der Waals surface area contributed by atoms with E-state index < -0.39 is 11.4 Å². The normalized spacial score (nSPS) is 27.1. The Morgan fingerprint density at radius 3 is 2.59 bits per heavy atom. The number of carbonyl (C=O) groups is 1. The van der Waals surface area contributed by atoms with Crippen LogP contribution in [0.2, 0.25) is 0 Å². The van der Waals surface area contributed by atoms with Crippen molar-refractivity contribution in [3.8, 4) is 0 Å². The van der Waals surface area contributed by atoms with Crippen molar-refractivity contribution >= 4 is 5.97 Å². The Morgan fingerprint density at radius 2 is 2.06 bits per heavy atom. The molecule has 1 aliphatic rings. The molecular weight excluding hydrogens is 214 g/mol. The number of carboxylic acids is 1. The van der Waals surface area contributed by atoms with Crippen LogP contribution in [0.25, 0.3) is 0 Å². The second-order valence-electron chi connectivity index (χ2n) is 6.31. The van der Waals surface area contributed by atoms with E-state index in [0.717, 1.165) is 25.3 Å². The van der Waals surface area contributed by atoms with Crippen molar-refractivity contribution in [2.24, 2.45) is 11.3 Å². The lowest BCUT2D eigenvalue weighted by molar-refractivity contribution is -0.147. The van der Waals surface area contributed by atoms with E-state index in [0.29, 0.717) is 6.04 Å². The minimum Gasteiger partial charge on any atom is -0.481 e. The number of carboxylic acid groups (broad SMARTS) is 1. The van der Waals surface area contributed by atoms with Gasteiger partial charge in [0.15, 0.2) is 0 Å². The SMILES string of the molecule is CC1CCN(CCCC(C)(C)C(=O)O)C(C)C1. The lowest BCUT2D eigenvalue weighted by Gasteiger charge is -2.37. The van der Waals surface area contributed by atoms with Crippen LogP contribution < -0.4 is 0 Å². The van der Waals surface area contributed by atoms with Crippen LogP contribution in [0.5, 0.6) is 0 Å². The van der Waals surface area contributed by atoms with E-state index in [-0.39, 0.29) is 0 Å². The van der Waals surface area contributed by atoms with Gasteiger partial charge in [0.2, 0.25) is 0 Å². The number of likely N-dealkylation sites (tertiary alicyclic amines) is 1. The highest BCUT2D eigenvalue weighted by molar-refractivity contribution is 5.73. The molecule has 0 amide bonds. The maximum atomic E-state index is 11.0. The summed E-state index contributed by atoms with van der Waals surface area (Å²) >= 11 is 0. The molecule has 1 aliphatic heterocycles. The van der Waals surface area contributed by atoms with Crippen molar-refractivity contribution in [1.82, 2.24) is 4.90 Å². The molecule has 0 aromatic heterocycles. The summed E-state index contributed by atoms with van der Waals surface area (Å²) in [4.78, 5) is 13.5. The van der Waals surface area contributed by atoms with Crippen molar-refractivity contribution in [3.63, 3.8) is 0 Å². The number of rotatable bonds is 5. The van der Waals surface area contributed by atoms with E-state index in [1.165, 1.54) is 19.4 Å². The van der Waals surface area contributed by atoms with Gasteiger partial charge in [0.1, 0.15) is 0 Å². The second-order valence-corrected chi connectivity index (χ2v) is 6.31. The molecule has 1 heterocycles. The van der Waals surface area contributed by atoms with Gasteiger partial charge in [-0.2, -0.15) is 0 Å². The lowest BCUT2D eigenvalue weighted by Crippen LogP contribution is -2.41. The average Bonchev–Trinajstić information content (AvgIpc) is 2.21. The van der Waals surface area contributed by atoms with Crippen molar-refractivity contribution in [1.29, 1.82) is 0 Å². The summed E-state index contributed by atoms with van der Waals surface area (Å²) < 4.78 is 0. The Labute approximate surface area is 105 Å². The van der Waals surface area contributed by atoms with Crippen molar-refractivity contribution in [3.05, 3.63) is 0 Å². The van der Waals surface area contributed by atoms with Gasteiger partial charge in [-0.25, -0.2) is 0 Å². The summed E-state index contributed by atoms with van der Waals surface area (Å²) in [7, 11) is 0. The molecule has 1 rings (SSSR count). The van der Waals surface area contributed by atoms with Gasteiger partial charge >= 0.3 is 5.97 Å². The molecule has 3 nitrogen and oxygen atoms in total. The van der Waals surface area contributed by atoms with Crippen LogP contribution in [0.1, 0.15) is 53.4 Å². The quantitative estimate of drug-likeness (QED) is 0.804. The Kier molecular flexibility index (Phi) is 4.99. The molecule has 0 spiro atoms. The van der Waals surface area contributed by atoms with Crippen LogP contribution in [0.4, 0.5) is 0 Å². The fourth-order valence-corrected chi connectivity index (χ4v) is 2.62. The first-order valence-electron chi connectivity index (χ1n) is 6.80. The molecule has 2 unspecified atom stereocenters. The molecule has 0 aromatic carbocycles. The second kappa shape index (κ2) is 5.85. The van der Waals surface area contributed by atoms with E-state index in [9.17, 15) is 4.79 Å². The molecule has 2 atom stereocenters. The summed E-state index contributed by atoms with van der Waals surface area (Å²) in [6.45, 7) is 10.5. The molecule has 1 saturated heterocycles. The largest absolute Gasteiger partial charge is 0.481 e. The first kappa shape index (κ1) is 14.5. The zero-order valence-electron chi connectivity index (χ0n) is 11.7. The molecule has 100 valence electrons. The van der Waals surface area contributed by atoms with Crippen molar-refractivity contribution < 1.29 is 9.90 Å². The molecule has 1 N–H and O–H groups in total. The molecule has 0 bridgehead atoms. The Hall–Kier alpha value is -0.570. The highest BCUT2D eigenvalue weighted by atomic mass is 16.4. The topological polar surface area (TPSA) is 40.5 Å². The summed E-state index contributed by atoms with van der Waals surface area (Å²) in [5.41, 5.74) is -0.577. The monoisotopic (exact) mass is 241 g/mol. The minimum absolute atomic E-state index is 0.577. The number of nitrogens with zero attached hydrogens (tertiary/aromatic N) is 1. The van der Waals surface area contributed by atoms with Gasteiger partial charge in [-0.1, -0.05) is 6.92 Å². The summed E-state index contributed by atoms with van der Waals surface area (Å²) in [6.07, 6.45) is 4.31. The first-order chi connectivity index (χ1) is 7.83. The fraction of sp³-hybridized carbons (Fsp3) is 0.929. The van der Waals surface area contributed by atoms with E-state index in [1.54, 1.807) is 0 Å². The Balaban J connectivity index is 2.29. The molecule has 1 fully saturated rings. The standard InChI is InChI=1S/C14H27NO2/c1-11-6-9-15(12(2)10-11)8-5-7-14(3,4)13(16)17/h11-12H,5-10H2,1-4H3,(H,16,17). The summed E-state index contributed by atoms with van der Waals surface area (Å²) in [5.74, 6) is 0.162. The van der Waals surface area contributed by atoms with Crippen LogP contribution in [0, 0.1) is 11.3 Å². The third-order valence-corrected chi connectivity index (χ3v) is 4.10. The average molecular weight is 241 g/mol. The predicted molar refractivity (Wildman–Crippen MR) is 70.1 cm³/mol. The van der Waals surface area contributed by atoms with Gasteiger partial charge in [0, 0.05) is 6.04 Å². The summed E-state index contributed by atoms with van der Waals surface area (Å²) in [6, 6.07) is 0.659. The fourth-order valence-electron chi connectivity index (χ4n) is 2.62. The third-order valence-electron chi connectivity index (χ3n) is 4.10. The zero-order chi connectivity index (χ0) is 13.1. The molecule has 17 heavy (non-hydrogen) atoms. The maximum absolute atomic E-state index is 11.0. The Bertz CT molecular complexity index is 263. The number of piperidine rings is 1. The van der Waals surface area contributed by atoms with E-state index in [2.05, 4.69) is 18.7 Å². The number of hydrogen-bond acceptors (Lipinski definition) is 2. The highest BCUT2D eigenvalue weighted by Gasteiger charge is 2.28. The minimum atomic E-state index is -0.683. The van der Waals surface area contributed by atoms with Crippen LogP contribution >= 0.6 is 0 Å². The molecular formula is C14H27NO2. The lowest BCUT2D eigenvalue weighted by atomic mass is 9.87. The van der Waals surface area contributed by atoms with Crippen LogP contribution in [0.3, 0.4) is 0 Å². The van der Waals surface area contributed by atoms with E-state index in [4.69, 9.17) is 5.11 Å². The van der Waals surface area contributed by atoms with Gasteiger partial charge in [-0.3, -0.25) is 4.79 Å². The van der Waals surface area contributed by atoms with Crippen LogP contribution in [0.15, 0.2) is 0 Å². The zero-order valence-corrected chi connectivity index (χ0v) is 11.7. The molecule has 3 heteroatoms. The van der Waals surface area contributed by atoms with Gasteiger partial charge in [-0.15, -0.1) is 0 Å². The van der Waals surface area contributed by atoms with Gasteiger partial charge in [0.25, 0.3) is 0 Å². The van der Waals surface area contributed by atoms with E-state index >= 15 is 0 Å². The van der Waals surface area contributed by atoms with Crippen LogP contribution in [-0.2, 0) is 4.79 Å². The molecule has 0 saturated carbocycles. The van der Waals surface area contributed by atoms with Crippen molar-refractivity contribution in [2.45, 2.75) is 59.4 Å². The Morgan fingerprint density at radius 1 is 1.41 bits per heavy atom. The maximum Gasteiger partial charge on any atom is 0.309 e. The van der Waals surface area contributed by atoms with Gasteiger partial charge < -0.3 is 10.0 Å². The number of aliphatic carboxylic acids is 1.